The summed E-state index contributed by atoms with van der Waals surface area (Å²) in [6.07, 6.45) is -1.96. The fourth-order valence-corrected chi connectivity index (χ4v) is 1.46. The highest BCUT2D eigenvalue weighted by molar-refractivity contribution is 6.32. The van der Waals surface area contributed by atoms with E-state index in [1.807, 2.05) is 0 Å². The van der Waals surface area contributed by atoms with Crippen LogP contribution in [0.5, 0.6) is 0 Å². The first-order valence-corrected chi connectivity index (χ1v) is 5.51. The molecular formula is C10H12ClF2N3O2. The summed E-state index contributed by atoms with van der Waals surface area (Å²) in [5.41, 5.74) is 0.135. The summed E-state index contributed by atoms with van der Waals surface area (Å²) in [5, 5.41) is 2.83. The van der Waals surface area contributed by atoms with Gasteiger partial charge in [-0.3, -0.25) is 4.79 Å². The van der Waals surface area contributed by atoms with Crippen LogP contribution in [0.25, 0.3) is 0 Å². The van der Waals surface area contributed by atoms with Gasteiger partial charge in [0, 0.05) is 6.54 Å². The highest BCUT2D eigenvalue weighted by atomic mass is 35.5. The van der Waals surface area contributed by atoms with Gasteiger partial charge in [0.1, 0.15) is 23.4 Å². The second-order valence-electron chi connectivity index (χ2n) is 3.33. The minimum atomic E-state index is -2.49. The first-order valence-electron chi connectivity index (χ1n) is 5.13. The van der Waals surface area contributed by atoms with Crippen molar-refractivity contribution >= 4 is 23.7 Å². The van der Waals surface area contributed by atoms with E-state index in [1.165, 1.54) is 0 Å². The van der Waals surface area contributed by atoms with Gasteiger partial charge >= 0.3 is 0 Å². The predicted octanol–water partition coefficient (Wildman–Crippen LogP) is 1.94. The maximum absolute atomic E-state index is 11.8. The van der Waals surface area contributed by atoms with Gasteiger partial charge in [-0.15, -0.1) is 0 Å². The number of alkyl halides is 2. The molecule has 100 valence electrons. The van der Waals surface area contributed by atoms with Crippen molar-refractivity contribution in [2.45, 2.75) is 13.3 Å². The van der Waals surface area contributed by atoms with Crippen LogP contribution < -0.4 is 5.32 Å². The predicted molar refractivity (Wildman–Crippen MR) is 62.5 cm³/mol. The average Bonchev–Trinajstić information content (AvgIpc) is 2.27. The van der Waals surface area contributed by atoms with Crippen molar-refractivity contribution in [2.24, 2.45) is 0 Å². The Morgan fingerprint density at radius 1 is 1.50 bits per heavy atom. The summed E-state index contributed by atoms with van der Waals surface area (Å²) < 4.78 is 28.2. The maximum atomic E-state index is 11.8. The topological polar surface area (TPSA) is 64.1 Å². The Hall–Kier alpha value is -1.34. The molecule has 0 aliphatic carbocycles. The molecule has 0 unspecified atom stereocenters. The first kappa shape index (κ1) is 14.7. The van der Waals surface area contributed by atoms with Gasteiger partial charge < -0.3 is 10.1 Å². The van der Waals surface area contributed by atoms with E-state index < -0.39 is 13.0 Å². The lowest BCUT2D eigenvalue weighted by Gasteiger charge is -2.09. The fourth-order valence-electron chi connectivity index (χ4n) is 1.20. The van der Waals surface area contributed by atoms with E-state index in [0.29, 0.717) is 12.1 Å². The van der Waals surface area contributed by atoms with Crippen LogP contribution in [-0.2, 0) is 4.74 Å². The van der Waals surface area contributed by atoms with Crippen LogP contribution in [-0.4, -0.2) is 42.4 Å². The number of nitrogens with zero attached hydrogens (tertiary/aromatic N) is 2. The largest absolute Gasteiger partial charge is 0.374 e. The molecule has 0 atom stereocenters. The monoisotopic (exact) mass is 279 g/mol. The number of carbonyl (C=O) groups excluding carboxylic acids is 1. The summed E-state index contributed by atoms with van der Waals surface area (Å²) >= 11 is 5.76. The van der Waals surface area contributed by atoms with Crippen LogP contribution in [0.15, 0.2) is 0 Å². The van der Waals surface area contributed by atoms with Crippen molar-refractivity contribution < 1.29 is 18.3 Å². The second kappa shape index (κ2) is 7.17. The highest BCUT2D eigenvalue weighted by Crippen LogP contribution is 2.18. The SMILES string of the molecule is Cc1nc(Cl)c(C=O)c(NCCOCC(F)F)n1. The number of halogens is 3. The lowest BCUT2D eigenvalue weighted by Crippen LogP contribution is -2.15. The highest BCUT2D eigenvalue weighted by Gasteiger charge is 2.10. The van der Waals surface area contributed by atoms with E-state index in [-0.39, 0.29) is 29.7 Å². The van der Waals surface area contributed by atoms with E-state index >= 15 is 0 Å². The van der Waals surface area contributed by atoms with E-state index in [9.17, 15) is 13.6 Å². The van der Waals surface area contributed by atoms with Gasteiger partial charge in [-0.05, 0) is 6.92 Å². The quantitative estimate of drug-likeness (QED) is 0.469. The van der Waals surface area contributed by atoms with Crippen molar-refractivity contribution in [3.63, 3.8) is 0 Å². The zero-order valence-electron chi connectivity index (χ0n) is 9.62. The number of hydrogen-bond acceptors (Lipinski definition) is 5. The van der Waals surface area contributed by atoms with Crippen LogP contribution in [0.2, 0.25) is 5.15 Å². The number of aryl methyl sites for hydroxylation is 1. The second-order valence-corrected chi connectivity index (χ2v) is 3.69. The Bertz CT molecular complexity index is 418. The van der Waals surface area contributed by atoms with Gasteiger partial charge in [-0.25, -0.2) is 18.7 Å². The molecule has 1 rings (SSSR count). The molecule has 0 saturated heterocycles. The van der Waals surface area contributed by atoms with Crippen molar-refractivity contribution in [3.05, 3.63) is 16.5 Å². The molecule has 0 saturated carbocycles. The van der Waals surface area contributed by atoms with E-state index in [4.69, 9.17) is 11.6 Å². The third-order valence-corrected chi connectivity index (χ3v) is 2.20. The number of anilines is 1. The molecule has 0 fully saturated rings. The number of aldehydes is 1. The molecule has 5 nitrogen and oxygen atoms in total. The number of nitrogens with one attached hydrogen (secondary N) is 1. The summed E-state index contributed by atoms with van der Waals surface area (Å²) in [7, 11) is 0. The lowest BCUT2D eigenvalue weighted by molar-refractivity contribution is 0.0215. The molecule has 8 heteroatoms. The van der Waals surface area contributed by atoms with E-state index in [1.54, 1.807) is 6.92 Å². The molecule has 1 aromatic heterocycles. The molecule has 0 spiro atoms. The Labute approximate surface area is 108 Å². The number of rotatable bonds is 7. The molecule has 1 aromatic rings. The molecule has 0 amide bonds. The van der Waals surface area contributed by atoms with Crippen LogP contribution >= 0.6 is 11.6 Å². The van der Waals surface area contributed by atoms with Crippen molar-refractivity contribution in [3.8, 4) is 0 Å². The van der Waals surface area contributed by atoms with Crippen LogP contribution in [0.3, 0.4) is 0 Å². The minimum absolute atomic E-state index is 0.0495. The smallest absolute Gasteiger partial charge is 0.261 e. The minimum Gasteiger partial charge on any atom is -0.374 e. The van der Waals surface area contributed by atoms with Crippen LogP contribution in [0, 0.1) is 6.92 Å². The maximum Gasteiger partial charge on any atom is 0.261 e. The van der Waals surface area contributed by atoms with Crippen LogP contribution in [0.4, 0.5) is 14.6 Å². The number of hydrogen-bond donors (Lipinski definition) is 1. The number of aromatic nitrogens is 2. The Balaban J connectivity index is 2.53. The molecule has 18 heavy (non-hydrogen) atoms. The summed E-state index contributed by atoms with van der Waals surface area (Å²) in [6.45, 7) is 1.31. The van der Waals surface area contributed by atoms with Gasteiger partial charge in [0.05, 0.1) is 12.2 Å². The molecule has 1 N–H and O–H groups in total. The Morgan fingerprint density at radius 3 is 2.83 bits per heavy atom. The first-order chi connectivity index (χ1) is 8.54. The lowest BCUT2D eigenvalue weighted by atomic mass is 10.3. The van der Waals surface area contributed by atoms with Gasteiger partial charge in [0.15, 0.2) is 6.29 Å². The molecule has 0 aromatic carbocycles. The van der Waals surface area contributed by atoms with E-state index in [2.05, 4.69) is 20.0 Å². The number of carbonyl (C=O) groups is 1. The van der Waals surface area contributed by atoms with Crippen molar-refractivity contribution in [2.75, 3.05) is 25.1 Å². The molecule has 0 aliphatic heterocycles. The molecule has 1 heterocycles. The van der Waals surface area contributed by atoms with E-state index in [0.717, 1.165) is 0 Å². The summed E-state index contributed by atoms with van der Waals surface area (Å²) in [5.74, 6) is 0.671. The standard InChI is InChI=1S/C10H12ClF2N3O2/c1-6-15-9(11)7(4-17)10(16-6)14-2-3-18-5-8(12)13/h4,8H,2-3,5H2,1H3,(H,14,15,16). The normalized spacial score (nSPS) is 10.7. The Kier molecular flexibility index (Phi) is 5.87. The summed E-state index contributed by atoms with van der Waals surface area (Å²) in [6, 6.07) is 0. The number of ether oxygens (including phenoxy) is 1. The Morgan fingerprint density at radius 2 is 2.22 bits per heavy atom. The fraction of sp³-hybridized carbons (Fsp3) is 0.500. The molecular weight excluding hydrogens is 268 g/mol. The van der Waals surface area contributed by atoms with Gasteiger partial charge in [-0.1, -0.05) is 11.6 Å². The third kappa shape index (κ3) is 4.50. The van der Waals surface area contributed by atoms with Crippen molar-refractivity contribution in [1.82, 2.24) is 9.97 Å². The van der Waals surface area contributed by atoms with Crippen LogP contribution in [0.1, 0.15) is 16.2 Å². The van der Waals surface area contributed by atoms with Crippen molar-refractivity contribution in [1.29, 1.82) is 0 Å². The molecule has 0 aliphatic rings. The molecule has 0 radical (unpaired) electrons. The van der Waals surface area contributed by atoms with Gasteiger partial charge in [-0.2, -0.15) is 0 Å². The van der Waals surface area contributed by atoms with Gasteiger partial charge in [0.2, 0.25) is 0 Å². The summed E-state index contributed by atoms with van der Waals surface area (Å²) in [4.78, 5) is 18.6. The zero-order chi connectivity index (χ0) is 13.5. The molecule has 0 bridgehead atoms. The zero-order valence-corrected chi connectivity index (χ0v) is 10.4. The average molecular weight is 280 g/mol. The van der Waals surface area contributed by atoms with Gasteiger partial charge in [0.25, 0.3) is 6.43 Å². The third-order valence-electron chi connectivity index (χ3n) is 1.91.